The fourth-order valence-electron chi connectivity index (χ4n) is 2.18. The molecular weight excluding hydrogens is 238 g/mol. The summed E-state index contributed by atoms with van der Waals surface area (Å²) in [6.45, 7) is 9.08. The van der Waals surface area contributed by atoms with Gasteiger partial charge in [0.2, 0.25) is 0 Å². The van der Waals surface area contributed by atoms with Gasteiger partial charge in [-0.2, -0.15) is 10.2 Å². The maximum absolute atomic E-state index is 4.51. The van der Waals surface area contributed by atoms with Crippen LogP contribution in [0.15, 0.2) is 18.6 Å². The molecule has 0 fully saturated rings. The summed E-state index contributed by atoms with van der Waals surface area (Å²) in [5.41, 5.74) is 3.67. The Kier molecular flexibility index (Phi) is 4.37. The fraction of sp³-hybridized carbons (Fsp3) is 0.571. The molecule has 0 unspecified atom stereocenters. The summed E-state index contributed by atoms with van der Waals surface area (Å²) < 4.78 is 3.86. The number of hydrogen-bond donors (Lipinski definition) is 1. The zero-order valence-electron chi connectivity index (χ0n) is 12.2. The average Bonchev–Trinajstić information content (AvgIpc) is 2.91. The molecule has 1 N–H and O–H groups in total. The second-order valence-electron chi connectivity index (χ2n) is 5.33. The van der Waals surface area contributed by atoms with Crippen molar-refractivity contribution in [2.75, 3.05) is 6.54 Å². The van der Waals surface area contributed by atoms with E-state index in [9.17, 15) is 0 Å². The summed E-state index contributed by atoms with van der Waals surface area (Å²) in [5.74, 6) is 0.465. The molecule has 2 aromatic heterocycles. The van der Waals surface area contributed by atoms with E-state index in [-0.39, 0.29) is 0 Å². The zero-order chi connectivity index (χ0) is 13.8. The van der Waals surface area contributed by atoms with Crippen LogP contribution < -0.4 is 5.32 Å². The highest BCUT2D eigenvalue weighted by Crippen LogP contribution is 2.16. The molecule has 2 rings (SSSR count). The number of aryl methyl sites for hydroxylation is 2. The first-order chi connectivity index (χ1) is 9.06. The van der Waals surface area contributed by atoms with Gasteiger partial charge < -0.3 is 5.32 Å². The van der Waals surface area contributed by atoms with Crippen LogP contribution in [0, 0.1) is 6.92 Å². The van der Waals surface area contributed by atoms with E-state index in [1.54, 1.807) is 0 Å². The standard InChI is InChI=1S/C14H23N5/c1-11(2)14-13(10-18(4)17-14)8-15-5-6-19-9-12(3)7-16-19/h7,9-11,15H,5-6,8H2,1-4H3. The Morgan fingerprint density at radius 2 is 2.11 bits per heavy atom. The van der Waals surface area contributed by atoms with Gasteiger partial charge in [-0.05, 0) is 18.4 Å². The van der Waals surface area contributed by atoms with Crippen LogP contribution >= 0.6 is 0 Å². The summed E-state index contributed by atoms with van der Waals surface area (Å²) in [5, 5.41) is 12.2. The Hall–Kier alpha value is -1.62. The lowest BCUT2D eigenvalue weighted by Gasteiger charge is -2.07. The molecule has 0 amide bonds. The molecule has 5 heteroatoms. The molecule has 0 aliphatic rings. The van der Waals surface area contributed by atoms with Gasteiger partial charge in [-0.25, -0.2) is 0 Å². The Morgan fingerprint density at radius 3 is 2.74 bits per heavy atom. The van der Waals surface area contributed by atoms with E-state index in [0.29, 0.717) is 5.92 Å². The quantitative estimate of drug-likeness (QED) is 0.807. The minimum absolute atomic E-state index is 0.465. The monoisotopic (exact) mass is 261 g/mol. The molecule has 19 heavy (non-hydrogen) atoms. The van der Waals surface area contributed by atoms with Crippen LogP contribution in [0.2, 0.25) is 0 Å². The summed E-state index contributed by atoms with van der Waals surface area (Å²) >= 11 is 0. The number of rotatable bonds is 6. The van der Waals surface area contributed by atoms with Crippen molar-refractivity contribution in [2.24, 2.45) is 7.05 Å². The van der Waals surface area contributed by atoms with E-state index < -0.39 is 0 Å². The summed E-state index contributed by atoms with van der Waals surface area (Å²) in [7, 11) is 1.97. The van der Waals surface area contributed by atoms with Crippen LogP contribution in [0.1, 0.15) is 36.6 Å². The van der Waals surface area contributed by atoms with Gasteiger partial charge in [0, 0.05) is 38.1 Å². The summed E-state index contributed by atoms with van der Waals surface area (Å²) in [6.07, 6.45) is 6.05. The topological polar surface area (TPSA) is 47.7 Å². The molecule has 0 saturated carbocycles. The first-order valence-corrected chi connectivity index (χ1v) is 6.78. The van der Waals surface area contributed by atoms with Crippen molar-refractivity contribution >= 4 is 0 Å². The average molecular weight is 261 g/mol. The predicted octanol–water partition coefficient (Wildman–Crippen LogP) is 1.84. The lowest BCUT2D eigenvalue weighted by Crippen LogP contribution is -2.20. The van der Waals surface area contributed by atoms with E-state index >= 15 is 0 Å². The van der Waals surface area contributed by atoms with Crippen LogP contribution in [-0.2, 0) is 20.1 Å². The Morgan fingerprint density at radius 1 is 1.32 bits per heavy atom. The highest BCUT2D eigenvalue weighted by molar-refractivity contribution is 5.19. The van der Waals surface area contributed by atoms with Crippen molar-refractivity contribution < 1.29 is 0 Å². The van der Waals surface area contributed by atoms with Gasteiger partial charge in [-0.3, -0.25) is 9.36 Å². The summed E-state index contributed by atoms with van der Waals surface area (Å²) in [4.78, 5) is 0. The van der Waals surface area contributed by atoms with Crippen molar-refractivity contribution in [3.05, 3.63) is 35.4 Å². The van der Waals surface area contributed by atoms with Gasteiger partial charge in [-0.15, -0.1) is 0 Å². The van der Waals surface area contributed by atoms with Gasteiger partial charge in [0.25, 0.3) is 0 Å². The maximum atomic E-state index is 4.51. The van der Waals surface area contributed by atoms with Crippen LogP contribution in [-0.4, -0.2) is 26.1 Å². The SMILES string of the molecule is Cc1cnn(CCNCc2cn(C)nc2C(C)C)c1. The van der Waals surface area contributed by atoms with Crippen LogP contribution in [0.25, 0.3) is 0 Å². The molecule has 0 aliphatic heterocycles. The minimum atomic E-state index is 0.465. The highest BCUT2D eigenvalue weighted by Gasteiger charge is 2.10. The second-order valence-corrected chi connectivity index (χ2v) is 5.33. The number of hydrogen-bond acceptors (Lipinski definition) is 3. The van der Waals surface area contributed by atoms with E-state index in [2.05, 4.69) is 48.7 Å². The lowest BCUT2D eigenvalue weighted by atomic mass is 10.1. The lowest BCUT2D eigenvalue weighted by molar-refractivity contribution is 0.553. The molecule has 0 atom stereocenters. The van der Waals surface area contributed by atoms with E-state index in [0.717, 1.165) is 19.6 Å². The molecule has 0 aromatic carbocycles. The van der Waals surface area contributed by atoms with Crippen molar-refractivity contribution in [1.82, 2.24) is 24.9 Å². The third kappa shape index (κ3) is 3.67. The van der Waals surface area contributed by atoms with Gasteiger partial charge in [-0.1, -0.05) is 13.8 Å². The van der Waals surface area contributed by atoms with Crippen molar-refractivity contribution in [2.45, 2.75) is 39.8 Å². The number of nitrogens with zero attached hydrogens (tertiary/aromatic N) is 4. The zero-order valence-corrected chi connectivity index (χ0v) is 12.2. The molecule has 0 saturated heterocycles. The third-order valence-electron chi connectivity index (χ3n) is 3.08. The second kappa shape index (κ2) is 6.02. The Balaban J connectivity index is 1.82. The van der Waals surface area contributed by atoms with Crippen molar-refractivity contribution in [3.63, 3.8) is 0 Å². The van der Waals surface area contributed by atoms with E-state index in [1.807, 2.05) is 22.6 Å². The molecular formula is C14H23N5. The molecule has 0 aliphatic carbocycles. The Labute approximate surface area is 114 Å². The minimum Gasteiger partial charge on any atom is -0.311 e. The highest BCUT2D eigenvalue weighted by atomic mass is 15.3. The number of nitrogens with one attached hydrogen (secondary N) is 1. The normalized spacial score (nSPS) is 11.4. The maximum Gasteiger partial charge on any atom is 0.0694 e. The van der Waals surface area contributed by atoms with Crippen LogP contribution in [0.5, 0.6) is 0 Å². The summed E-state index contributed by atoms with van der Waals surface area (Å²) in [6, 6.07) is 0. The third-order valence-corrected chi connectivity index (χ3v) is 3.08. The fourth-order valence-corrected chi connectivity index (χ4v) is 2.18. The first kappa shape index (κ1) is 13.8. The first-order valence-electron chi connectivity index (χ1n) is 6.78. The van der Waals surface area contributed by atoms with Gasteiger partial charge in [0.15, 0.2) is 0 Å². The van der Waals surface area contributed by atoms with Crippen LogP contribution in [0.4, 0.5) is 0 Å². The van der Waals surface area contributed by atoms with Crippen molar-refractivity contribution in [3.8, 4) is 0 Å². The van der Waals surface area contributed by atoms with Gasteiger partial charge in [0.1, 0.15) is 0 Å². The molecule has 5 nitrogen and oxygen atoms in total. The number of aromatic nitrogens is 4. The van der Waals surface area contributed by atoms with Gasteiger partial charge in [0.05, 0.1) is 18.4 Å². The molecule has 2 heterocycles. The van der Waals surface area contributed by atoms with Gasteiger partial charge >= 0.3 is 0 Å². The predicted molar refractivity (Wildman–Crippen MR) is 76.0 cm³/mol. The smallest absolute Gasteiger partial charge is 0.0694 e. The molecule has 0 bridgehead atoms. The molecule has 2 aromatic rings. The van der Waals surface area contributed by atoms with E-state index in [4.69, 9.17) is 0 Å². The molecule has 0 spiro atoms. The van der Waals surface area contributed by atoms with E-state index in [1.165, 1.54) is 16.8 Å². The Bertz CT molecular complexity index is 524. The largest absolute Gasteiger partial charge is 0.311 e. The molecule has 104 valence electrons. The van der Waals surface area contributed by atoms with Crippen molar-refractivity contribution in [1.29, 1.82) is 0 Å². The van der Waals surface area contributed by atoms with Crippen LogP contribution in [0.3, 0.4) is 0 Å². The molecule has 0 radical (unpaired) electrons.